The highest BCUT2D eigenvalue weighted by atomic mass is 79.9. The van der Waals surface area contributed by atoms with Crippen LogP contribution in [-0.2, 0) is 11.3 Å². The Hall–Kier alpha value is -2.42. The number of hydrogen-bond donors (Lipinski definition) is 2. The molecular weight excluding hydrogens is 509 g/mol. The number of alkyl halides is 2. The van der Waals surface area contributed by atoms with Gasteiger partial charge in [0.2, 0.25) is 0 Å². The number of aryl methyl sites for hydroxylation is 1. The molecule has 0 unspecified atom stereocenters. The predicted molar refractivity (Wildman–Crippen MR) is 129 cm³/mol. The van der Waals surface area contributed by atoms with Crippen molar-refractivity contribution in [1.82, 2.24) is 15.3 Å². The largest absolute Gasteiger partial charge is 0.388 e. The molecule has 34 heavy (non-hydrogen) atoms. The summed E-state index contributed by atoms with van der Waals surface area (Å²) in [7, 11) is 0. The number of carbonyl (C=O) groups excluding carboxylic acids is 1. The van der Waals surface area contributed by atoms with E-state index in [4.69, 9.17) is 0 Å². The summed E-state index contributed by atoms with van der Waals surface area (Å²) in [6.07, 6.45) is 4.26. The molecule has 9 heteroatoms. The average molecular weight is 537 g/mol. The fraction of sp³-hybridized carbons (Fsp3) is 0.480. The Morgan fingerprint density at radius 3 is 2.68 bits per heavy atom. The number of carbonyl (C=O) groups is 1. The number of hydrogen-bond acceptors (Lipinski definition) is 5. The molecule has 1 saturated carbocycles. The van der Waals surface area contributed by atoms with Gasteiger partial charge in [-0.15, -0.1) is 0 Å². The molecule has 0 radical (unpaired) electrons. The van der Waals surface area contributed by atoms with E-state index in [1.165, 1.54) is 12.1 Å². The number of halogens is 4. The van der Waals surface area contributed by atoms with E-state index >= 15 is 0 Å². The van der Waals surface area contributed by atoms with Gasteiger partial charge in [0.25, 0.3) is 6.43 Å². The fourth-order valence-corrected chi connectivity index (χ4v) is 5.19. The first-order chi connectivity index (χ1) is 16.2. The molecule has 5 rings (SSSR count). The van der Waals surface area contributed by atoms with E-state index in [0.29, 0.717) is 39.2 Å². The van der Waals surface area contributed by atoms with E-state index in [1.54, 1.807) is 6.92 Å². The lowest BCUT2D eigenvalue weighted by Crippen LogP contribution is -2.41. The Morgan fingerprint density at radius 2 is 1.97 bits per heavy atom. The predicted octanol–water partition coefficient (Wildman–Crippen LogP) is 4.62. The number of fused-ring (bicyclic) bond motifs is 6. The number of anilines is 1. The van der Waals surface area contributed by atoms with Gasteiger partial charge >= 0.3 is 0 Å². The SMILES string of the molecule is Cc1nc(NCc2cccc(C(F)F)c2F)c2/c(n1)=C(/Br)C(=O)CCC1(C)CCC(CC1)N/C=2. The molecule has 0 amide bonds. The van der Waals surface area contributed by atoms with Crippen molar-refractivity contribution in [2.75, 3.05) is 5.32 Å². The Bertz CT molecular complexity index is 1210. The van der Waals surface area contributed by atoms with Crippen molar-refractivity contribution >= 4 is 38.2 Å². The van der Waals surface area contributed by atoms with Crippen molar-refractivity contribution in [3.8, 4) is 0 Å². The number of nitrogens with one attached hydrogen (secondary N) is 2. The van der Waals surface area contributed by atoms with E-state index in [1.807, 2.05) is 6.20 Å². The lowest BCUT2D eigenvalue weighted by Gasteiger charge is -2.37. The monoisotopic (exact) mass is 536 g/mol. The zero-order valence-corrected chi connectivity index (χ0v) is 20.8. The maximum atomic E-state index is 14.6. The molecule has 1 fully saturated rings. The standard InChI is InChI=1S/C25H28BrF3N4O/c1-14-32-22-18(24(33-14)31-12-15-4-3-5-17(21(15)27)23(28)29)13-30-16-6-9-25(2,10-7-16)11-8-19(34)20(22)26/h3-5,13,16,23,30H,6-12H2,1-2H3,(H,31,32,33)/b18-13-,22-20-. The summed E-state index contributed by atoms with van der Waals surface area (Å²) in [5.41, 5.74) is -0.365. The van der Waals surface area contributed by atoms with Crippen LogP contribution in [0.2, 0.25) is 0 Å². The molecule has 2 aromatic rings. The van der Waals surface area contributed by atoms with Crippen molar-refractivity contribution in [1.29, 1.82) is 0 Å². The molecule has 2 aliphatic heterocycles. The summed E-state index contributed by atoms with van der Waals surface area (Å²) in [6.45, 7) is 3.92. The van der Waals surface area contributed by atoms with Crippen LogP contribution in [0.5, 0.6) is 0 Å². The number of rotatable bonds is 4. The Labute approximate surface area is 205 Å². The Morgan fingerprint density at radius 1 is 1.24 bits per heavy atom. The molecule has 1 aromatic heterocycles. The molecule has 5 nitrogen and oxygen atoms in total. The maximum absolute atomic E-state index is 14.6. The van der Waals surface area contributed by atoms with E-state index < -0.39 is 17.8 Å². The van der Waals surface area contributed by atoms with Crippen LogP contribution in [0.1, 0.15) is 68.8 Å². The third kappa shape index (κ3) is 5.29. The highest BCUT2D eigenvalue weighted by Gasteiger charge is 2.31. The van der Waals surface area contributed by atoms with Crippen LogP contribution in [0, 0.1) is 18.2 Å². The normalized spacial score (nSPS) is 25.6. The third-order valence-electron chi connectivity index (χ3n) is 6.91. The molecular formula is C25H28BrF3N4O. The van der Waals surface area contributed by atoms with Crippen molar-refractivity contribution in [2.24, 2.45) is 5.41 Å². The van der Waals surface area contributed by atoms with Gasteiger partial charge in [-0.25, -0.2) is 23.1 Å². The fourth-order valence-electron chi connectivity index (χ4n) is 4.69. The van der Waals surface area contributed by atoms with Crippen LogP contribution in [0.15, 0.2) is 18.2 Å². The molecule has 0 spiro atoms. The number of aromatic nitrogens is 2. The topological polar surface area (TPSA) is 66.9 Å². The second-order valence-electron chi connectivity index (χ2n) is 9.49. The minimum Gasteiger partial charge on any atom is -0.388 e. The number of ketones is 1. The van der Waals surface area contributed by atoms with Gasteiger partial charge in [0.05, 0.1) is 20.6 Å². The highest BCUT2D eigenvalue weighted by Crippen LogP contribution is 2.40. The first-order valence-electron chi connectivity index (χ1n) is 11.5. The third-order valence-corrected chi connectivity index (χ3v) is 7.73. The van der Waals surface area contributed by atoms with Gasteiger partial charge < -0.3 is 10.6 Å². The first-order valence-corrected chi connectivity index (χ1v) is 12.3. The van der Waals surface area contributed by atoms with Gasteiger partial charge in [-0.1, -0.05) is 25.1 Å². The second kappa shape index (κ2) is 10.1. The minimum atomic E-state index is -2.89. The van der Waals surface area contributed by atoms with Crippen LogP contribution in [0.25, 0.3) is 10.7 Å². The summed E-state index contributed by atoms with van der Waals surface area (Å²) >= 11 is 3.47. The highest BCUT2D eigenvalue weighted by molar-refractivity contribution is 9.15. The second-order valence-corrected chi connectivity index (χ2v) is 10.3. The number of Topliss-reactive ketones (excluding diaryl/α,β-unsaturated/α-hetero) is 1. The lowest BCUT2D eigenvalue weighted by molar-refractivity contribution is -0.114. The lowest BCUT2D eigenvalue weighted by atomic mass is 9.71. The molecule has 2 bridgehead atoms. The maximum Gasteiger partial charge on any atom is 0.266 e. The van der Waals surface area contributed by atoms with Crippen LogP contribution < -0.4 is 21.2 Å². The van der Waals surface area contributed by atoms with Crippen LogP contribution in [-0.4, -0.2) is 21.8 Å². The summed E-state index contributed by atoms with van der Waals surface area (Å²) in [6, 6.07) is 4.24. The smallest absolute Gasteiger partial charge is 0.266 e. The molecule has 1 aromatic carbocycles. The molecule has 0 saturated heterocycles. The number of nitrogens with zero attached hydrogens (tertiary/aromatic N) is 2. The van der Waals surface area contributed by atoms with Crippen molar-refractivity contribution in [2.45, 2.75) is 71.4 Å². The summed E-state index contributed by atoms with van der Waals surface area (Å²) in [4.78, 5) is 22.0. The number of benzene rings is 1. The summed E-state index contributed by atoms with van der Waals surface area (Å²) in [5, 5.41) is 7.57. The van der Waals surface area contributed by atoms with Gasteiger partial charge in [-0.05, 0) is 60.4 Å². The summed E-state index contributed by atoms with van der Waals surface area (Å²) in [5.74, 6) is -0.130. The summed E-state index contributed by atoms with van der Waals surface area (Å²) < 4.78 is 41.2. The van der Waals surface area contributed by atoms with Crippen LogP contribution in [0.3, 0.4) is 0 Å². The van der Waals surface area contributed by atoms with Gasteiger partial charge in [0.15, 0.2) is 5.78 Å². The van der Waals surface area contributed by atoms with Gasteiger partial charge in [-0.2, -0.15) is 0 Å². The van der Waals surface area contributed by atoms with Gasteiger partial charge in [0.1, 0.15) is 17.5 Å². The van der Waals surface area contributed by atoms with E-state index in [9.17, 15) is 18.0 Å². The Balaban J connectivity index is 1.76. The van der Waals surface area contributed by atoms with Crippen LogP contribution in [0.4, 0.5) is 19.0 Å². The van der Waals surface area contributed by atoms with E-state index in [0.717, 1.165) is 38.2 Å². The minimum absolute atomic E-state index is 0.0294. The van der Waals surface area contributed by atoms with Crippen molar-refractivity contribution in [3.05, 3.63) is 51.5 Å². The molecule has 2 N–H and O–H groups in total. The Kier molecular flexibility index (Phi) is 7.31. The average Bonchev–Trinajstić information content (AvgIpc) is 2.80. The van der Waals surface area contributed by atoms with Gasteiger partial charge in [0, 0.05) is 30.8 Å². The first kappa shape index (κ1) is 24.7. The molecule has 182 valence electrons. The van der Waals surface area contributed by atoms with E-state index in [2.05, 4.69) is 43.5 Å². The molecule has 0 atom stereocenters. The van der Waals surface area contributed by atoms with Crippen molar-refractivity contribution in [3.63, 3.8) is 0 Å². The molecule has 3 aliphatic rings. The zero-order valence-electron chi connectivity index (χ0n) is 19.2. The van der Waals surface area contributed by atoms with Crippen molar-refractivity contribution < 1.29 is 18.0 Å². The zero-order chi connectivity index (χ0) is 24.5. The molecule has 3 heterocycles. The molecule has 1 aliphatic carbocycles. The van der Waals surface area contributed by atoms with Gasteiger partial charge in [-0.3, -0.25) is 4.79 Å². The van der Waals surface area contributed by atoms with Crippen LogP contribution >= 0.6 is 15.9 Å². The quantitative estimate of drug-likeness (QED) is 0.597. The van der Waals surface area contributed by atoms with E-state index in [-0.39, 0.29) is 23.3 Å².